The van der Waals surface area contributed by atoms with Gasteiger partial charge in [0.2, 0.25) is 0 Å². The molecule has 0 aliphatic heterocycles. The van der Waals surface area contributed by atoms with Crippen molar-refractivity contribution in [1.82, 2.24) is 10.3 Å². The third-order valence-corrected chi connectivity index (χ3v) is 4.74. The first kappa shape index (κ1) is 19.1. The molecule has 5 nitrogen and oxygen atoms in total. The number of hydrogen-bond donors (Lipinski definition) is 1. The fourth-order valence-electron chi connectivity index (χ4n) is 2.78. The minimum atomic E-state index is -1.05. The molecule has 3 rings (SSSR count). The van der Waals surface area contributed by atoms with Gasteiger partial charge in [0.15, 0.2) is 0 Å². The molecule has 0 aliphatic carbocycles. The van der Waals surface area contributed by atoms with E-state index in [0.717, 1.165) is 16.5 Å². The van der Waals surface area contributed by atoms with Crippen LogP contribution in [0.5, 0.6) is 5.75 Å². The van der Waals surface area contributed by atoms with Gasteiger partial charge >= 0.3 is 5.97 Å². The first-order valence-corrected chi connectivity index (χ1v) is 8.95. The van der Waals surface area contributed by atoms with Crippen LogP contribution in [0.25, 0.3) is 10.9 Å². The zero-order chi connectivity index (χ0) is 19.3. The Morgan fingerprint density at radius 2 is 1.93 bits per heavy atom. The fourth-order valence-corrected chi connectivity index (χ4v) is 3.00. The van der Waals surface area contributed by atoms with Gasteiger partial charge in [0.25, 0.3) is 0 Å². The Morgan fingerprint density at radius 3 is 2.67 bits per heavy atom. The Labute approximate surface area is 163 Å². The first-order chi connectivity index (χ1) is 13.0. The number of benzene rings is 2. The van der Waals surface area contributed by atoms with Crippen LogP contribution in [0.1, 0.15) is 12.5 Å². The molecule has 0 bridgehead atoms. The van der Waals surface area contributed by atoms with Gasteiger partial charge in [-0.05, 0) is 31.2 Å². The third kappa shape index (κ3) is 4.38. The van der Waals surface area contributed by atoms with E-state index in [-0.39, 0.29) is 6.61 Å². The maximum absolute atomic E-state index is 12.4. The highest BCUT2D eigenvalue weighted by Gasteiger charge is 2.35. The molecule has 0 amide bonds. The number of carbonyl (C=O) groups is 1. The Morgan fingerprint density at radius 1 is 1.15 bits per heavy atom. The number of nitrogens with zero attached hydrogens (tertiary/aromatic N) is 1. The molecule has 0 saturated carbocycles. The second-order valence-electron chi connectivity index (χ2n) is 6.38. The molecule has 1 unspecified atom stereocenters. The maximum atomic E-state index is 12.4. The highest BCUT2D eigenvalue weighted by atomic mass is 35.5. The van der Waals surface area contributed by atoms with Gasteiger partial charge in [-0.15, -0.1) is 0 Å². The predicted molar refractivity (Wildman–Crippen MR) is 106 cm³/mol. The number of methoxy groups -OCH3 is 1. The summed E-state index contributed by atoms with van der Waals surface area (Å²) in [5, 5.41) is 4.82. The van der Waals surface area contributed by atoms with Crippen molar-refractivity contribution < 1.29 is 14.3 Å². The normalized spacial score (nSPS) is 13.1. The lowest BCUT2D eigenvalue weighted by Gasteiger charge is -2.28. The Kier molecular flexibility index (Phi) is 5.94. The van der Waals surface area contributed by atoms with Crippen LogP contribution in [0.15, 0.2) is 60.8 Å². The molecule has 0 spiro atoms. The molecule has 0 saturated heterocycles. The van der Waals surface area contributed by atoms with Crippen molar-refractivity contribution in [2.24, 2.45) is 0 Å². The van der Waals surface area contributed by atoms with E-state index >= 15 is 0 Å². The van der Waals surface area contributed by atoms with Crippen molar-refractivity contribution in [3.8, 4) is 5.75 Å². The summed E-state index contributed by atoms with van der Waals surface area (Å²) in [5.41, 5.74) is 0.573. The van der Waals surface area contributed by atoms with E-state index in [1.54, 1.807) is 13.1 Å². The third-order valence-electron chi connectivity index (χ3n) is 4.38. The number of ether oxygens (including phenoxy) is 2. The highest BCUT2D eigenvalue weighted by Crippen LogP contribution is 2.25. The van der Waals surface area contributed by atoms with E-state index < -0.39 is 11.5 Å². The summed E-state index contributed by atoms with van der Waals surface area (Å²) in [6.45, 7) is 2.20. The smallest absolute Gasteiger partial charge is 0.329 e. The number of esters is 1. The van der Waals surface area contributed by atoms with Crippen LogP contribution in [-0.2, 0) is 16.1 Å². The van der Waals surface area contributed by atoms with Crippen LogP contribution in [0.3, 0.4) is 0 Å². The Balaban J connectivity index is 1.81. The van der Waals surface area contributed by atoms with Gasteiger partial charge in [0, 0.05) is 28.7 Å². The van der Waals surface area contributed by atoms with E-state index in [9.17, 15) is 4.79 Å². The van der Waals surface area contributed by atoms with Gasteiger partial charge in [-0.25, -0.2) is 4.79 Å². The standard InChI is InChI=1S/C21H21ClN2O3/c1-21(20(25)26-2,14-27-16-8-4-3-5-9-16)24-13-17-18(22)11-10-15-7-6-12-23-19(15)17/h3-12,24H,13-14H2,1-2H3. The number of halogens is 1. The van der Waals surface area contributed by atoms with Gasteiger partial charge in [-0.1, -0.05) is 41.9 Å². The van der Waals surface area contributed by atoms with Crippen LogP contribution in [0.2, 0.25) is 5.02 Å². The maximum Gasteiger partial charge on any atom is 0.329 e. The molecule has 1 atom stereocenters. The number of nitrogens with one attached hydrogen (secondary N) is 1. The van der Waals surface area contributed by atoms with Crippen molar-refractivity contribution >= 4 is 28.5 Å². The van der Waals surface area contributed by atoms with Crippen LogP contribution >= 0.6 is 11.6 Å². The Bertz CT molecular complexity index is 933. The second-order valence-corrected chi connectivity index (χ2v) is 6.79. The Hall–Kier alpha value is -2.63. The minimum Gasteiger partial charge on any atom is -0.491 e. The van der Waals surface area contributed by atoms with Crippen molar-refractivity contribution in [2.75, 3.05) is 13.7 Å². The average molecular weight is 385 g/mol. The topological polar surface area (TPSA) is 60.5 Å². The molecule has 1 heterocycles. The zero-order valence-electron chi connectivity index (χ0n) is 15.2. The number of fused-ring (bicyclic) bond motifs is 1. The van der Waals surface area contributed by atoms with Crippen LogP contribution < -0.4 is 10.1 Å². The van der Waals surface area contributed by atoms with Crippen LogP contribution in [-0.4, -0.2) is 30.2 Å². The summed E-state index contributed by atoms with van der Waals surface area (Å²) >= 11 is 6.39. The summed E-state index contributed by atoms with van der Waals surface area (Å²) in [4.78, 5) is 16.8. The number of carbonyl (C=O) groups excluding carboxylic acids is 1. The molecule has 140 valence electrons. The van der Waals surface area contributed by atoms with Crippen LogP contribution in [0.4, 0.5) is 0 Å². The lowest BCUT2D eigenvalue weighted by Crippen LogP contribution is -2.54. The van der Waals surface area contributed by atoms with Gasteiger partial charge < -0.3 is 9.47 Å². The average Bonchev–Trinajstić information content (AvgIpc) is 2.71. The summed E-state index contributed by atoms with van der Waals surface area (Å²) in [5.74, 6) is 0.266. The number of rotatable bonds is 7. The highest BCUT2D eigenvalue weighted by molar-refractivity contribution is 6.32. The van der Waals surface area contributed by atoms with Crippen molar-refractivity contribution in [2.45, 2.75) is 19.0 Å². The van der Waals surface area contributed by atoms with E-state index in [1.165, 1.54) is 7.11 Å². The first-order valence-electron chi connectivity index (χ1n) is 8.57. The molecule has 1 aromatic heterocycles. The number of hydrogen-bond acceptors (Lipinski definition) is 5. The second kappa shape index (κ2) is 8.37. The van der Waals surface area contributed by atoms with E-state index in [2.05, 4.69) is 10.3 Å². The number of aromatic nitrogens is 1. The fraction of sp³-hybridized carbons (Fsp3) is 0.238. The molecule has 27 heavy (non-hydrogen) atoms. The monoisotopic (exact) mass is 384 g/mol. The molecular weight excluding hydrogens is 364 g/mol. The summed E-state index contributed by atoms with van der Waals surface area (Å²) in [7, 11) is 1.36. The van der Waals surface area contributed by atoms with Gasteiger partial charge in [-0.3, -0.25) is 10.3 Å². The summed E-state index contributed by atoms with van der Waals surface area (Å²) in [6.07, 6.45) is 1.72. The zero-order valence-corrected chi connectivity index (χ0v) is 16.0. The molecular formula is C21H21ClN2O3. The van der Waals surface area contributed by atoms with Crippen molar-refractivity contribution in [1.29, 1.82) is 0 Å². The largest absolute Gasteiger partial charge is 0.491 e. The molecule has 3 aromatic rings. The van der Waals surface area contributed by atoms with Crippen molar-refractivity contribution in [3.63, 3.8) is 0 Å². The molecule has 0 aliphatic rings. The van der Waals surface area contributed by atoms with Gasteiger partial charge in [-0.2, -0.15) is 0 Å². The lowest BCUT2D eigenvalue weighted by molar-refractivity contribution is -0.149. The van der Waals surface area contributed by atoms with Crippen molar-refractivity contribution in [3.05, 3.63) is 71.4 Å². The summed E-state index contributed by atoms with van der Waals surface area (Å²) in [6, 6.07) is 16.9. The van der Waals surface area contributed by atoms with E-state index in [1.807, 2.05) is 54.6 Å². The lowest BCUT2D eigenvalue weighted by atomic mass is 10.0. The molecule has 2 aromatic carbocycles. The number of pyridine rings is 1. The minimum absolute atomic E-state index is 0.111. The summed E-state index contributed by atoms with van der Waals surface area (Å²) < 4.78 is 10.8. The van der Waals surface area contributed by atoms with E-state index in [0.29, 0.717) is 17.3 Å². The van der Waals surface area contributed by atoms with Crippen LogP contribution in [0, 0.1) is 0 Å². The SMILES string of the molecule is COC(=O)C(C)(COc1ccccc1)NCc1c(Cl)ccc2cccnc12. The van der Waals surface area contributed by atoms with E-state index in [4.69, 9.17) is 21.1 Å². The predicted octanol–water partition coefficient (Wildman–Crippen LogP) is 3.99. The van der Waals surface area contributed by atoms with Gasteiger partial charge in [0.05, 0.1) is 12.6 Å². The molecule has 1 N–H and O–H groups in total. The number of para-hydroxylation sites is 1. The van der Waals surface area contributed by atoms with Gasteiger partial charge in [0.1, 0.15) is 17.9 Å². The molecule has 6 heteroatoms. The molecule has 0 fully saturated rings. The molecule has 0 radical (unpaired) electrons. The quantitative estimate of drug-likeness (QED) is 0.624.